The van der Waals surface area contributed by atoms with E-state index in [0.717, 1.165) is 11.5 Å². The lowest BCUT2D eigenvalue weighted by Gasteiger charge is -1.92. The standard InChI is InChI=1S/C6H5BN2O3S/c7-6(12)8-4-1-3(9-13-4)2-5(10)11/h1H,2H2,(H,8,12)(H,10,11). The summed E-state index contributed by atoms with van der Waals surface area (Å²) in [5.74, 6) is -1.65. The maximum atomic E-state index is 10.4. The zero-order chi connectivity index (χ0) is 9.84. The van der Waals surface area contributed by atoms with Gasteiger partial charge in [-0.05, 0) is 17.6 Å². The summed E-state index contributed by atoms with van der Waals surface area (Å²) >= 11 is 0.995. The second-order valence-electron chi connectivity index (χ2n) is 2.24. The van der Waals surface area contributed by atoms with Gasteiger partial charge in [0.15, 0.2) is 5.81 Å². The highest BCUT2D eigenvalue weighted by molar-refractivity contribution is 7.10. The van der Waals surface area contributed by atoms with E-state index in [-0.39, 0.29) is 6.42 Å². The Morgan fingerprint density at radius 2 is 2.38 bits per heavy atom. The summed E-state index contributed by atoms with van der Waals surface area (Å²) in [6.45, 7) is 0. The van der Waals surface area contributed by atoms with Crippen LogP contribution in [-0.4, -0.2) is 29.1 Å². The molecule has 0 aliphatic rings. The maximum Gasteiger partial charge on any atom is 0.309 e. The van der Waals surface area contributed by atoms with Gasteiger partial charge in [0.25, 0.3) is 0 Å². The number of carbonyl (C=O) groups excluding carboxylic acids is 1. The number of amides is 1. The molecule has 1 heterocycles. The molecule has 0 atom stereocenters. The Kier molecular flexibility index (Phi) is 3.02. The summed E-state index contributed by atoms with van der Waals surface area (Å²) in [7, 11) is 4.85. The largest absolute Gasteiger partial charge is 0.481 e. The minimum atomic E-state index is -0.962. The third-order valence-corrected chi connectivity index (χ3v) is 1.88. The lowest BCUT2D eigenvalue weighted by atomic mass is 10.1. The van der Waals surface area contributed by atoms with Crippen LogP contribution in [0.3, 0.4) is 0 Å². The Hall–Kier alpha value is -1.37. The molecule has 1 amide bonds. The third kappa shape index (κ3) is 3.24. The molecule has 5 nitrogen and oxygen atoms in total. The predicted molar refractivity (Wildman–Crippen MR) is 48.2 cm³/mol. The van der Waals surface area contributed by atoms with Gasteiger partial charge in [-0.15, -0.1) is 0 Å². The topological polar surface area (TPSA) is 79.3 Å². The van der Waals surface area contributed by atoms with Crippen molar-refractivity contribution < 1.29 is 14.7 Å². The Balaban J connectivity index is 2.63. The van der Waals surface area contributed by atoms with E-state index in [0.29, 0.717) is 10.7 Å². The number of carboxylic acids is 1. The lowest BCUT2D eigenvalue weighted by Crippen LogP contribution is -2.06. The molecule has 0 aliphatic heterocycles. The van der Waals surface area contributed by atoms with Crippen molar-refractivity contribution in [2.24, 2.45) is 0 Å². The predicted octanol–water partition coefficient (Wildman–Crippen LogP) is 0.471. The van der Waals surface area contributed by atoms with Crippen molar-refractivity contribution in [1.82, 2.24) is 4.37 Å². The first kappa shape index (κ1) is 9.72. The second-order valence-corrected chi connectivity index (χ2v) is 3.05. The van der Waals surface area contributed by atoms with Crippen molar-refractivity contribution in [1.29, 1.82) is 0 Å². The average Bonchev–Trinajstić information content (AvgIpc) is 2.33. The highest BCUT2D eigenvalue weighted by Gasteiger charge is 2.06. The molecule has 2 radical (unpaired) electrons. The zero-order valence-corrected chi connectivity index (χ0v) is 7.30. The maximum absolute atomic E-state index is 10.4. The number of hydrogen-bond donors (Lipinski definition) is 2. The van der Waals surface area contributed by atoms with E-state index in [1.165, 1.54) is 6.07 Å². The normalized spacial score (nSPS) is 9.54. The summed E-state index contributed by atoms with van der Waals surface area (Å²) < 4.78 is 3.80. The molecule has 2 N–H and O–H groups in total. The van der Waals surface area contributed by atoms with E-state index in [1.807, 2.05) is 0 Å². The number of anilines is 1. The fourth-order valence-electron chi connectivity index (χ4n) is 0.730. The van der Waals surface area contributed by atoms with Gasteiger partial charge in [0.1, 0.15) is 5.00 Å². The minimum absolute atomic E-state index is 0.156. The van der Waals surface area contributed by atoms with Crippen LogP contribution < -0.4 is 5.32 Å². The van der Waals surface area contributed by atoms with Crippen molar-refractivity contribution in [3.05, 3.63) is 11.8 Å². The van der Waals surface area contributed by atoms with Gasteiger partial charge in [-0.1, -0.05) is 0 Å². The quantitative estimate of drug-likeness (QED) is 0.688. The van der Waals surface area contributed by atoms with Crippen LogP contribution in [0.4, 0.5) is 9.80 Å². The van der Waals surface area contributed by atoms with Crippen LogP contribution >= 0.6 is 11.5 Å². The van der Waals surface area contributed by atoms with E-state index >= 15 is 0 Å². The SMILES string of the molecule is [B]C(=O)Nc1cc(CC(=O)O)ns1. The highest BCUT2D eigenvalue weighted by atomic mass is 32.1. The smallest absolute Gasteiger partial charge is 0.309 e. The van der Waals surface area contributed by atoms with Gasteiger partial charge in [0.2, 0.25) is 7.85 Å². The van der Waals surface area contributed by atoms with Crippen LogP contribution in [-0.2, 0) is 11.2 Å². The van der Waals surface area contributed by atoms with Gasteiger partial charge in [-0.3, -0.25) is 9.59 Å². The van der Waals surface area contributed by atoms with E-state index in [1.54, 1.807) is 0 Å². The van der Waals surface area contributed by atoms with Crippen molar-refractivity contribution >= 4 is 36.2 Å². The molecule has 13 heavy (non-hydrogen) atoms. The summed E-state index contributed by atoms with van der Waals surface area (Å²) in [6.07, 6.45) is -0.156. The monoisotopic (exact) mass is 196 g/mol. The van der Waals surface area contributed by atoms with Gasteiger partial charge < -0.3 is 10.4 Å². The van der Waals surface area contributed by atoms with Gasteiger partial charge in [-0.2, -0.15) is 4.37 Å². The molecule has 0 aromatic carbocycles. The zero-order valence-electron chi connectivity index (χ0n) is 6.48. The van der Waals surface area contributed by atoms with E-state index < -0.39 is 11.8 Å². The summed E-state index contributed by atoms with van der Waals surface area (Å²) in [6, 6.07) is 1.48. The molecule has 66 valence electrons. The fourth-order valence-corrected chi connectivity index (χ4v) is 1.40. The number of nitrogens with zero attached hydrogens (tertiary/aromatic N) is 1. The first-order valence-corrected chi connectivity index (χ1v) is 4.09. The molecular weight excluding hydrogens is 191 g/mol. The molecular formula is C6H5BN2O3S. The number of aliphatic carboxylic acids is 1. The molecule has 0 unspecified atom stereocenters. The lowest BCUT2D eigenvalue weighted by molar-refractivity contribution is -0.136. The van der Waals surface area contributed by atoms with Crippen LogP contribution in [0.5, 0.6) is 0 Å². The van der Waals surface area contributed by atoms with E-state index in [2.05, 4.69) is 9.69 Å². The molecule has 0 saturated heterocycles. The van der Waals surface area contributed by atoms with E-state index in [4.69, 9.17) is 13.0 Å². The summed E-state index contributed by atoms with van der Waals surface area (Å²) in [4.78, 5) is 20.6. The Labute approximate surface area is 79.3 Å². The van der Waals surface area contributed by atoms with E-state index in [9.17, 15) is 9.59 Å². The van der Waals surface area contributed by atoms with Gasteiger partial charge in [0.05, 0.1) is 12.1 Å². The van der Waals surface area contributed by atoms with Crippen molar-refractivity contribution in [2.75, 3.05) is 5.32 Å². The second kappa shape index (κ2) is 4.04. The molecule has 1 rings (SSSR count). The first-order valence-electron chi connectivity index (χ1n) is 3.32. The number of carbonyl (C=O) groups is 2. The molecule has 0 bridgehead atoms. The summed E-state index contributed by atoms with van der Waals surface area (Å²) in [5.41, 5.74) is 0.404. The van der Waals surface area contributed by atoms with Crippen LogP contribution in [0, 0.1) is 0 Å². The average molecular weight is 196 g/mol. The Morgan fingerprint density at radius 1 is 1.69 bits per heavy atom. The van der Waals surface area contributed by atoms with Crippen molar-refractivity contribution in [3.8, 4) is 0 Å². The van der Waals surface area contributed by atoms with Crippen molar-refractivity contribution in [3.63, 3.8) is 0 Å². The van der Waals surface area contributed by atoms with Crippen LogP contribution in [0.25, 0.3) is 0 Å². The molecule has 7 heteroatoms. The molecule has 0 spiro atoms. The number of carboxylic acid groups (broad SMARTS) is 1. The van der Waals surface area contributed by atoms with Crippen LogP contribution in [0.1, 0.15) is 5.69 Å². The molecule has 0 fully saturated rings. The molecule has 1 aromatic heterocycles. The van der Waals surface area contributed by atoms with Crippen LogP contribution in [0.2, 0.25) is 0 Å². The Morgan fingerprint density at radius 3 is 2.92 bits per heavy atom. The molecule has 0 aliphatic carbocycles. The van der Waals surface area contributed by atoms with Crippen molar-refractivity contribution in [2.45, 2.75) is 6.42 Å². The summed E-state index contributed by atoms with van der Waals surface area (Å²) in [5, 5.41) is 11.2. The number of hydrogen-bond acceptors (Lipinski definition) is 4. The molecule has 0 saturated carbocycles. The highest BCUT2D eigenvalue weighted by Crippen LogP contribution is 2.16. The Bertz CT molecular complexity index is 308. The molecule has 1 aromatic rings. The number of rotatable bonds is 3. The third-order valence-electron chi connectivity index (χ3n) is 1.14. The number of nitrogens with one attached hydrogen (secondary N) is 1. The van der Waals surface area contributed by atoms with Gasteiger partial charge >= 0.3 is 5.97 Å². The van der Waals surface area contributed by atoms with Crippen LogP contribution in [0.15, 0.2) is 6.07 Å². The van der Waals surface area contributed by atoms with Gasteiger partial charge in [-0.25, -0.2) is 0 Å². The minimum Gasteiger partial charge on any atom is -0.481 e. The number of aromatic nitrogens is 1. The fraction of sp³-hybridized carbons (Fsp3) is 0.167. The first-order chi connectivity index (χ1) is 6.08. The van der Waals surface area contributed by atoms with Gasteiger partial charge in [0, 0.05) is 0 Å².